The van der Waals surface area contributed by atoms with Gasteiger partial charge in [-0.05, 0) is 18.1 Å². The normalized spacial score (nSPS) is 10.3. The van der Waals surface area contributed by atoms with Gasteiger partial charge in [-0.25, -0.2) is 4.79 Å². The molecule has 0 spiro atoms. The molecular formula is C18H18O2. The van der Waals surface area contributed by atoms with Gasteiger partial charge in [0.05, 0.1) is 6.61 Å². The Morgan fingerprint density at radius 2 is 1.45 bits per heavy atom. The summed E-state index contributed by atoms with van der Waals surface area (Å²) in [5.74, 6) is -0.512. The molecule has 0 N–H and O–H groups in total. The van der Waals surface area contributed by atoms with Crippen LogP contribution in [0.4, 0.5) is 0 Å². The molecule has 0 aliphatic rings. The molecule has 2 aromatic carbocycles. The van der Waals surface area contributed by atoms with Gasteiger partial charge < -0.3 is 4.74 Å². The maximum Gasteiger partial charge on any atom is 0.334 e. The molecule has 0 saturated carbocycles. The highest BCUT2D eigenvalue weighted by Gasteiger charge is 2.23. The molecule has 0 bridgehead atoms. The Labute approximate surface area is 119 Å². The van der Waals surface area contributed by atoms with Crippen LogP contribution in [0.15, 0.2) is 72.8 Å². The summed E-state index contributed by atoms with van der Waals surface area (Å²) in [5, 5.41) is 0. The summed E-state index contributed by atoms with van der Waals surface area (Å²) in [7, 11) is 0. The van der Waals surface area contributed by atoms with E-state index >= 15 is 0 Å². The van der Waals surface area contributed by atoms with Crippen LogP contribution in [0.25, 0.3) is 0 Å². The number of hydrogen-bond acceptors (Lipinski definition) is 2. The van der Waals surface area contributed by atoms with E-state index in [0.717, 1.165) is 11.1 Å². The Balaban J connectivity index is 2.40. The van der Waals surface area contributed by atoms with Gasteiger partial charge >= 0.3 is 5.97 Å². The monoisotopic (exact) mass is 266 g/mol. The van der Waals surface area contributed by atoms with Gasteiger partial charge in [-0.1, -0.05) is 67.2 Å². The predicted molar refractivity (Wildman–Crippen MR) is 80.5 cm³/mol. The zero-order valence-corrected chi connectivity index (χ0v) is 11.6. The van der Waals surface area contributed by atoms with E-state index in [-0.39, 0.29) is 11.9 Å². The van der Waals surface area contributed by atoms with Crippen molar-refractivity contribution < 1.29 is 9.53 Å². The smallest absolute Gasteiger partial charge is 0.334 e. The van der Waals surface area contributed by atoms with Crippen LogP contribution in [-0.2, 0) is 9.53 Å². The van der Waals surface area contributed by atoms with Crippen LogP contribution in [0.5, 0.6) is 0 Å². The minimum absolute atomic E-state index is 0.170. The standard InChI is InChI=1S/C18H18O2/c1-3-20-18(19)14(2)17(15-10-6-4-7-11-15)16-12-8-5-9-13-16/h4-13,17H,2-3H2,1H3. The Morgan fingerprint density at radius 1 is 1.00 bits per heavy atom. The van der Waals surface area contributed by atoms with Crippen molar-refractivity contribution in [2.24, 2.45) is 0 Å². The number of esters is 1. The minimum Gasteiger partial charge on any atom is -0.463 e. The lowest BCUT2D eigenvalue weighted by Crippen LogP contribution is -2.15. The van der Waals surface area contributed by atoms with Gasteiger partial charge in [0.2, 0.25) is 0 Å². The molecular weight excluding hydrogens is 248 g/mol. The third-order valence-electron chi connectivity index (χ3n) is 3.15. The molecule has 0 aliphatic carbocycles. The van der Waals surface area contributed by atoms with Crippen LogP contribution in [0.1, 0.15) is 24.0 Å². The SMILES string of the molecule is C=C(C(=O)OCC)C(c1ccccc1)c1ccccc1. The number of carbonyl (C=O) groups is 1. The maximum atomic E-state index is 12.0. The van der Waals surface area contributed by atoms with E-state index in [1.165, 1.54) is 0 Å². The fraction of sp³-hybridized carbons (Fsp3) is 0.167. The van der Waals surface area contributed by atoms with Crippen molar-refractivity contribution in [2.75, 3.05) is 6.61 Å². The maximum absolute atomic E-state index is 12.0. The summed E-state index contributed by atoms with van der Waals surface area (Å²) in [6.45, 7) is 6.10. The third kappa shape index (κ3) is 3.15. The highest BCUT2D eigenvalue weighted by atomic mass is 16.5. The van der Waals surface area contributed by atoms with E-state index in [0.29, 0.717) is 12.2 Å². The van der Waals surface area contributed by atoms with Crippen molar-refractivity contribution in [3.63, 3.8) is 0 Å². The number of benzene rings is 2. The molecule has 20 heavy (non-hydrogen) atoms. The summed E-state index contributed by atoms with van der Waals surface area (Å²) in [4.78, 5) is 12.0. The molecule has 0 amide bonds. The highest BCUT2D eigenvalue weighted by molar-refractivity contribution is 5.90. The first-order valence-corrected chi connectivity index (χ1v) is 6.69. The Hall–Kier alpha value is -2.35. The fourth-order valence-electron chi connectivity index (χ4n) is 2.23. The quantitative estimate of drug-likeness (QED) is 0.605. The second kappa shape index (κ2) is 6.71. The summed E-state index contributed by atoms with van der Waals surface area (Å²) in [6.07, 6.45) is 0. The summed E-state index contributed by atoms with van der Waals surface area (Å²) in [6, 6.07) is 19.8. The van der Waals surface area contributed by atoms with E-state index in [1.807, 2.05) is 60.7 Å². The number of ether oxygens (including phenoxy) is 1. The first kappa shape index (κ1) is 14.1. The van der Waals surface area contributed by atoms with Gasteiger partial charge in [-0.2, -0.15) is 0 Å². The van der Waals surface area contributed by atoms with E-state index in [1.54, 1.807) is 6.92 Å². The topological polar surface area (TPSA) is 26.3 Å². The van der Waals surface area contributed by atoms with Crippen molar-refractivity contribution >= 4 is 5.97 Å². The Bertz CT molecular complexity index is 533. The zero-order chi connectivity index (χ0) is 14.4. The molecule has 0 heterocycles. The number of carbonyl (C=O) groups excluding carboxylic acids is 1. The molecule has 0 unspecified atom stereocenters. The van der Waals surface area contributed by atoms with Crippen LogP contribution in [-0.4, -0.2) is 12.6 Å². The van der Waals surface area contributed by atoms with Crippen LogP contribution in [0, 0.1) is 0 Å². The number of rotatable bonds is 5. The molecule has 0 radical (unpaired) electrons. The van der Waals surface area contributed by atoms with E-state index < -0.39 is 0 Å². The average Bonchev–Trinajstić information content (AvgIpc) is 2.50. The molecule has 0 aliphatic heterocycles. The Morgan fingerprint density at radius 3 is 1.85 bits per heavy atom. The summed E-state index contributed by atoms with van der Waals surface area (Å²) in [5.41, 5.74) is 2.54. The van der Waals surface area contributed by atoms with Crippen LogP contribution in [0.3, 0.4) is 0 Å². The zero-order valence-electron chi connectivity index (χ0n) is 11.6. The van der Waals surface area contributed by atoms with Gasteiger partial charge in [0.25, 0.3) is 0 Å². The van der Waals surface area contributed by atoms with Gasteiger partial charge in [0.1, 0.15) is 0 Å². The molecule has 0 fully saturated rings. The van der Waals surface area contributed by atoms with Crippen molar-refractivity contribution in [1.29, 1.82) is 0 Å². The van der Waals surface area contributed by atoms with Crippen molar-refractivity contribution in [2.45, 2.75) is 12.8 Å². The minimum atomic E-state index is -0.342. The first-order valence-electron chi connectivity index (χ1n) is 6.69. The lowest BCUT2D eigenvalue weighted by atomic mass is 9.85. The van der Waals surface area contributed by atoms with Crippen LogP contribution < -0.4 is 0 Å². The molecule has 2 rings (SSSR count). The Kier molecular flexibility index (Phi) is 4.72. The van der Waals surface area contributed by atoms with Crippen LogP contribution in [0.2, 0.25) is 0 Å². The van der Waals surface area contributed by atoms with E-state index in [4.69, 9.17) is 4.74 Å². The van der Waals surface area contributed by atoms with Gasteiger partial charge in [-0.3, -0.25) is 0 Å². The molecule has 0 aromatic heterocycles. The second-order valence-electron chi connectivity index (χ2n) is 4.50. The summed E-state index contributed by atoms with van der Waals surface area (Å²) < 4.78 is 5.09. The van der Waals surface area contributed by atoms with Gasteiger partial charge in [0, 0.05) is 11.5 Å². The molecule has 2 nitrogen and oxygen atoms in total. The van der Waals surface area contributed by atoms with Crippen molar-refractivity contribution in [3.05, 3.63) is 83.9 Å². The summed E-state index contributed by atoms with van der Waals surface area (Å²) >= 11 is 0. The van der Waals surface area contributed by atoms with Gasteiger partial charge in [-0.15, -0.1) is 0 Å². The van der Waals surface area contributed by atoms with Crippen molar-refractivity contribution in [1.82, 2.24) is 0 Å². The van der Waals surface area contributed by atoms with Crippen LogP contribution >= 0.6 is 0 Å². The average molecular weight is 266 g/mol. The fourth-order valence-corrected chi connectivity index (χ4v) is 2.23. The highest BCUT2D eigenvalue weighted by Crippen LogP contribution is 2.31. The predicted octanol–water partition coefficient (Wildman–Crippen LogP) is 3.94. The molecule has 2 heteroatoms. The molecule has 0 saturated heterocycles. The van der Waals surface area contributed by atoms with Gasteiger partial charge in [0.15, 0.2) is 0 Å². The number of hydrogen-bond donors (Lipinski definition) is 0. The molecule has 0 atom stereocenters. The first-order chi connectivity index (χ1) is 9.74. The second-order valence-corrected chi connectivity index (χ2v) is 4.50. The largest absolute Gasteiger partial charge is 0.463 e. The van der Waals surface area contributed by atoms with E-state index in [2.05, 4.69) is 6.58 Å². The molecule has 102 valence electrons. The lowest BCUT2D eigenvalue weighted by Gasteiger charge is -2.19. The van der Waals surface area contributed by atoms with Crippen molar-refractivity contribution in [3.8, 4) is 0 Å². The third-order valence-corrected chi connectivity index (χ3v) is 3.15. The van der Waals surface area contributed by atoms with E-state index in [9.17, 15) is 4.79 Å². The molecule has 2 aromatic rings. The lowest BCUT2D eigenvalue weighted by molar-refractivity contribution is -0.138.